The molecule has 0 spiro atoms. The number of benzene rings is 6. The van der Waals surface area contributed by atoms with Crippen molar-refractivity contribution in [2.75, 3.05) is 0 Å². The van der Waals surface area contributed by atoms with Gasteiger partial charge in [-0.25, -0.2) is 4.98 Å². The minimum atomic E-state index is 0.974. The Morgan fingerprint density at radius 2 is 0.981 bits per heavy atom. The molecule has 0 unspecified atom stereocenters. The number of pyridine rings is 2. The van der Waals surface area contributed by atoms with Crippen LogP contribution in [-0.4, -0.2) is 23.7 Å². The monoisotopic (exact) mass is 665 g/mol. The maximum Gasteiger partial charge on any atom is 0.145 e. The van der Waals surface area contributed by atoms with Crippen molar-refractivity contribution < 1.29 is 0 Å². The van der Waals surface area contributed by atoms with E-state index in [0.29, 0.717) is 0 Å². The molecule has 244 valence electrons. The van der Waals surface area contributed by atoms with Crippen molar-refractivity contribution >= 4 is 65.7 Å². The van der Waals surface area contributed by atoms with Crippen LogP contribution >= 0.6 is 0 Å². The largest absolute Gasteiger partial charge is 0.309 e. The molecule has 5 heteroatoms. The summed E-state index contributed by atoms with van der Waals surface area (Å²) in [7, 11) is 0. The fourth-order valence-electron chi connectivity index (χ4n) is 8.33. The normalized spacial score (nSPS) is 11.9. The van der Waals surface area contributed by atoms with Gasteiger partial charge in [-0.3, -0.25) is 9.55 Å². The summed E-state index contributed by atoms with van der Waals surface area (Å²) in [5.41, 5.74) is 14.7. The second-order valence-corrected chi connectivity index (χ2v) is 13.6. The van der Waals surface area contributed by atoms with Gasteiger partial charge in [0, 0.05) is 50.7 Å². The fourth-order valence-corrected chi connectivity index (χ4v) is 8.33. The molecule has 0 aliphatic heterocycles. The number of hydrogen-bond donors (Lipinski definition) is 0. The molecule has 5 aromatic heterocycles. The van der Waals surface area contributed by atoms with E-state index in [9.17, 15) is 0 Å². The Morgan fingerprint density at radius 1 is 0.385 bits per heavy atom. The van der Waals surface area contributed by atoms with Crippen LogP contribution in [0.5, 0.6) is 0 Å². The lowest BCUT2D eigenvalue weighted by Crippen LogP contribution is -1.97. The highest BCUT2D eigenvalue weighted by Gasteiger charge is 2.19. The number of aryl methyl sites for hydroxylation is 1. The third-order valence-corrected chi connectivity index (χ3v) is 10.7. The van der Waals surface area contributed by atoms with E-state index in [1.807, 2.05) is 24.5 Å². The summed E-state index contributed by atoms with van der Waals surface area (Å²) in [5, 5.41) is 5.93. The number of rotatable bonds is 4. The zero-order valence-electron chi connectivity index (χ0n) is 28.4. The van der Waals surface area contributed by atoms with Crippen molar-refractivity contribution in [3.63, 3.8) is 0 Å². The summed E-state index contributed by atoms with van der Waals surface area (Å²) < 4.78 is 7.00. The Balaban J connectivity index is 1.10. The Labute approximate surface area is 299 Å². The molecule has 0 amide bonds. The third-order valence-electron chi connectivity index (χ3n) is 10.7. The molecule has 52 heavy (non-hydrogen) atoms. The van der Waals surface area contributed by atoms with Crippen molar-refractivity contribution in [1.29, 1.82) is 0 Å². The zero-order chi connectivity index (χ0) is 34.3. The average Bonchev–Trinajstić information content (AvgIpc) is 3.83. The van der Waals surface area contributed by atoms with Gasteiger partial charge in [-0.2, -0.15) is 0 Å². The number of aromatic nitrogens is 5. The molecular weight excluding hydrogens is 635 g/mol. The van der Waals surface area contributed by atoms with Crippen LogP contribution in [-0.2, 0) is 0 Å². The smallest absolute Gasteiger partial charge is 0.145 e. The van der Waals surface area contributed by atoms with Crippen LogP contribution in [0.15, 0.2) is 170 Å². The zero-order valence-corrected chi connectivity index (χ0v) is 28.4. The van der Waals surface area contributed by atoms with Crippen molar-refractivity contribution in [2.24, 2.45) is 0 Å². The third kappa shape index (κ3) is 4.11. The summed E-state index contributed by atoms with van der Waals surface area (Å²) in [6.45, 7) is 2.16. The number of fused-ring (bicyclic) bond motifs is 9. The van der Waals surface area contributed by atoms with E-state index in [2.05, 4.69) is 166 Å². The second kappa shape index (κ2) is 11.0. The summed E-state index contributed by atoms with van der Waals surface area (Å²) in [4.78, 5) is 9.73. The maximum atomic E-state index is 4.88. The first-order valence-corrected chi connectivity index (χ1v) is 17.7. The number of hydrogen-bond acceptors (Lipinski definition) is 2. The molecule has 0 aliphatic carbocycles. The standard InChI is InChI=1S/C47H31N5/c1-30-11-5-7-16-40(30)52-43-23-20-32(28-38(43)36-15-9-26-49-47(36)52)31-19-22-42-37(27-31)35-14-6-8-17-41(35)51(42)34-21-24-44-39(29-34)46-45(18-10-25-48-46)50(44)33-12-3-2-4-13-33/h2-29H,1H3. The molecule has 0 radical (unpaired) electrons. The van der Waals surface area contributed by atoms with Gasteiger partial charge in [-0.15, -0.1) is 0 Å². The molecule has 11 rings (SSSR count). The molecule has 5 heterocycles. The van der Waals surface area contributed by atoms with Crippen molar-refractivity contribution in [2.45, 2.75) is 6.92 Å². The van der Waals surface area contributed by atoms with Gasteiger partial charge in [0.1, 0.15) is 5.65 Å². The van der Waals surface area contributed by atoms with E-state index in [1.165, 1.54) is 43.9 Å². The van der Waals surface area contributed by atoms with Gasteiger partial charge < -0.3 is 9.13 Å². The van der Waals surface area contributed by atoms with Gasteiger partial charge in [-0.05, 0) is 115 Å². The number of para-hydroxylation sites is 3. The van der Waals surface area contributed by atoms with E-state index in [1.54, 1.807) is 0 Å². The van der Waals surface area contributed by atoms with Crippen LogP contribution in [0.3, 0.4) is 0 Å². The van der Waals surface area contributed by atoms with Gasteiger partial charge in [0.2, 0.25) is 0 Å². The molecule has 0 aliphatic rings. The Hall–Kier alpha value is -6.98. The maximum absolute atomic E-state index is 4.88. The van der Waals surface area contributed by atoms with Gasteiger partial charge in [0.15, 0.2) is 0 Å². The predicted molar refractivity (Wildman–Crippen MR) is 215 cm³/mol. The molecule has 0 saturated heterocycles. The summed E-state index contributed by atoms with van der Waals surface area (Å²) in [6, 6.07) is 56.7. The van der Waals surface area contributed by atoms with Crippen LogP contribution < -0.4 is 0 Å². The van der Waals surface area contributed by atoms with Gasteiger partial charge in [0.25, 0.3) is 0 Å². The SMILES string of the molecule is Cc1ccccc1-n1c2ccc(-c3ccc4c(c3)c3ccccc3n4-c3ccc4c(c3)c3ncccc3n4-c3ccccc3)cc2c2cccnc21. The molecule has 0 atom stereocenters. The second-order valence-electron chi connectivity index (χ2n) is 13.6. The Morgan fingerprint density at radius 3 is 1.83 bits per heavy atom. The van der Waals surface area contributed by atoms with Crippen LogP contribution in [0.4, 0.5) is 0 Å². The summed E-state index contributed by atoms with van der Waals surface area (Å²) >= 11 is 0. The van der Waals surface area contributed by atoms with E-state index in [4.69, 9.17) is 9.97 Å². The highest BCUT2D eigenvalue weighted by atomic mass is 15.0. The Bertz CT molecular complexity index is 3200. The van der Waals surface area contributed by atoms with Gasteiger partial charge in [-0.1, -0.05) is 66.7 Å². The van der Waals surface area contributed by atoms with Crippen LogP contribution in [0.2, 0.25) is 0 Å². The molecule has 0 fully saturated rings. The van der Waals surface area contributed by atoms with Gasteiger partial charge >= 0.3 is 0 Å². The Kier molecular flexibility index (Phi) is 6.10. The quantitative estimate of drug-likeness (QED) is 0.188. The lowest BCUT2D eigenvalue weighted by atomic mass is 10.0. The average molecular weight is 666 g/mol. The molecule has 5 nitrogen and oxygen atoms in total. The molecule has 0 saturated carbocycles. The topological polar surface area (TPSA) is 40.6 Å². The lowest BCUT2D eigenvalue weighted by molar-refractivity contribution is 1.11. The van der Waals surface area contributed by atoms with Gasteiger partial charge in [0.05, 0.1) is 38.8 Å². The molecule has 6 aromatic carbocycles. The molecule has 0 N–H and O–H groups in total. The lowest BCUT2D eigenvalue weighted by Gasteiger charge is -2.11. The highest BCUT2D eigenvalue weighted by molar-refractivity contribution is 6.13. The minimum Gasteiger partial charge on any atom is -0.309 e. The fraction of sp³-hybridized carbons (Fsp3) is 0.0213. The predicted octanol–water partition coefficient (Wildman–Crippen LogP) is 11.7. The molecular formula is C47H31N5. The van der Waals surface area contributed by atoms with Crippen LogP contribution in [0.25, 0.3) is 93.9 Å². The first-order chi connectivity index (χ1) is 25.7. The van der Waals surface area contributed by atoms with Crippen LogP contribution in [0, 0.1) is 6.92 Å². The summed E-state index contributed by atoms with van der Waals surface area (Å²) in [6.07, 6.45) is 3.77. The first kappa shape index (κ1) is 28.8. The van der Waals surface area contributed by atoms with E-state index >= 15 is 0 Å². The van der Waals surface area contributed by atoms with Crippen LogP contribution in [0.1, 0.15) is 5.56 Å². The van der Waals surface area contributed by atoms with E-state index in [0.717, 1.165) is 55.5 Å². The number of nitrogens with zero attached hydrogens (tertiary/aromatic N) is 5. The minimum absolute atomic E-state index is 0.974. The molecule has 11 aromatic rings. The van der Waals surface area contributed by atoms with Crippen molar-refractivity contribution in [1.82, 2.24) is 23.7 Å². The van der Waals surface area contributed by atoms with E-state index in [-0.39, 0.29) is 0 Å². The molecule has 0 bridgehead atoms. The van der Waals surface area contributed by atoms with E-state index < -0.39 is 0 Å². The van der Waals surface area contributed by atoms with Crippen molar-refractivity contribution in [3.05, 3.63) is 176 Å². The van der Waals surface area contributed by atoms with Crippen molar-refractivity contribution in [3.8, 4) is 28.2 Å². The highest BCUT2D eigenvalue weighted by Crippen LogP contribution is 2.39. The summed E-state index contributed by atoms with van der Waals surface area (Å²) in [5.74, 6) is 0. The first-order valence-electron chi connectivity index (χ1n) is 17.7.